The van der Waals surface area contributed by atoms with E-state index < -0.39 is 17.3 Å². The highest BCUT2D eigenvalue weighted by Crippen LogP contribution is 2.50. The lowest BCUT2D eigenvalue weighted by Gasteiger charge is -2.36. The summed E-state index contributed by atoms with van der Waals surface area (Å²) in [5, 5.41) is 20.0. The number of ether oxygens (including phenoxy) is 3. The Morgan fingerprint density at radius 1 is 0.935 bits per heavy atom. The van der Waals surface area contributed by atoms with Crippen LogP contribution in [-0.2, 0) is 0 Å². The number of Topliss-reactive ketones (excluding diaryl/α,β-unsaturated/α-hetero) is 1. The van der Waals surface area contributed by atoms with Crippen LogP contribution in [0.2, 0.25) is 0 Å². The Bertz CT molecular complexity index is 1190. The molecule has 0 saturated heterocycles. The molecule has 3 aliphatic rings. The van der Waals surface area contributed by atoms with Gasteiger partial charge >= 0.3 is 0 Å². The molecule has 0 amide bonds. The highest BCUT2D eigenvalue weighted by atomic mass is 16.5. The maximum absolute atomic E-state index is 12.8. The van der Waals surface area contributed by atoms with E-state index in [0.29, 0.717) is 11.5 Å². The van der Waals surface area contributed by atoms with E-state index in [0.717, 1.165) is 22.8 Å². The van der Waals surface area contributed by atoms with E-state index in [-0.39, 0.29) is 35.0 Å². The molecular weight excluding hydrogens is 396 g/mol. The summed E-state index contributed by atoms with van der Waals surface area (Å²) in [6.45, 7) is 7.90. The predicted molar refractivity (Wildman–Crippen MR) is 116 cm³/mol. The third-order valence-corrected chi connectivity index (χ3v) is 5.71. The molecule has 1 atom stereocenters. The molecule has 5 rings (SSSR count). The van der Waals surface area contributed by atoms with Gasteiger partial charge in [-0.25, -0.2) is 0 Å². The molecule has 3 aliphatic heterocycles. The van der Waals surface area contributed by atoms with E-state index in [2.05, 4.69) is 0 Å². The zero-order chi connectivity index (χ0) is 22.1. The van der Waals surface area contributed by atoms with Gasteiger partial charge in [0.25, 0.3) is 0 Å². The summed E-state index contributed by atoms with van der Waals surface area (Å²) < 4.78 is 18.7. The summed E-state index contributed by atoms with van der Waals surface area (Å²) in [6, 6.07) is 4.45. The Morgan fingerprint density at radius 3 is 2.35 bits per heavy atom. The van der Waals surface area contributed by atoms with Crippen LogP contribution in [0.25, 0.3) is 12.2 Å². The van der Waals surface area contributed by atoms with Crippen molar-refractivity contribution in [3.05, 3.63) is 52.6 Å². The first kappa shape index (κ1) is 19.5. The SMILES string of the molecule is CC1(C)C=Cc2cc([C@@H]3CC(=O)c4c(O)cc(O)cc4O3)c3c(c2O1)OC(C)(C)C=C3. The number of hydrogen-bond acceptors (Lipinski definition) is 6. The third kappa shape index (κ3) is 3.23. The summed E-state index contributed by atoms with van der Waals surface area (Å²) >= 11 is 0. The van der Waals surface area contributed by atoms with Gasteiger partial charge in [0, 0.05) is 28.8 Å². The minimum atomic E-state index is -0.599. The molecule has 6 nitrogen and oxygen atoms in total. The Hall–Kier alpha value is -3.41. The number of hydrogen-bond donors (Lipinski definition) is 2. The molecule has 0 fully saturated rings. The van der Waals surface area contributed by atoms with Crippen molar-refractivity contribution in [2.24, 2.45) is 0 Å². The molecule has 0 saturated carbocycles. The van der Waals surface area contributed by atoms with Crippen LogP contribution in [0.4, 0.5) is 0 Å². The molecule has 0 aliphatic carbocycles. The number of benzene rings is 2. The van der Waals surface area contributed by atoms with Gasteiger partial charge in [0.05, 0.1) is 6.42 Å². The van der Waals surface area contributed by atoms with Crippen LogP contribution >= 0.6 is 0 Å². The summed E-state index contributed by atoms with van der Waals surface area (Å²) in [6.07, 6.45) is 7.38. The van der Waals surface area contributed by atoms with E-state index in [1.54, 1.807) is 0 Å². The average Bonchev–Trinajstić information content (AvgIpc) is 2.65. The van der Waals surface area contributed by atoms with Gasteiger partial charge in [-0.2, -0.15) is 0 Å². The third-order valence-electron chi connectivity index (χ3n) is 5.71. The highest BCUT2D eigenvalue weighted by Gasteiger charge is 2.37. The molecule has 2 aromatic carbocycles. The first-order valence-electron chi connectivity index (χ1n) is 10.3. The number of carbonyl (C=O) groups is 1. The van der Waals surface area contributed by atoms with Crippen molar-refractivity contribution in [3.63, 3.8) is 0 Å². The Kier molecular flexibility index (Phi) is 3.97. The van der Waals surface area contributed by atoms with Crippen LogP contribution in [-0.4, -0.2) is 27.2 Å². The van der Waals surface area contributed by atoms with Crippen LogP contribution in [0.3, 0.4) is 0 Å². The minimum absolute atomic E-state index is 0.0594. The normalized spacial score (nSPS) is 21.8. The fourth-order valence-electron chi connectivity index (χ4n) is 4.23. The predicted octanol–water partition coefficient (Wildman–Crippen LogP) is 5.17. The molecule has 6 heteroatoms. The Balaban J connectivity index is 1.67. The van der Waals surface area contributed by atoms with Crippen molar-refractivity contribution < 1.29 is 29.2 Å². The van der Waals surface area contributed by atoms with Crippen LogP contribution in [0, 0.1) is 0 Å². The van der Waals surface area contributed by atoms with Gasteiger partial charge < -0.3 is 24.4 Å². The molecule has 2 N–H and O–H groups in total. The smallest absolute Gasteiger partial charge is 0.174 e. The largest absolute Gasteiger partial charge is 0.508 e. The molecule has 0 spiro atoms. The van der Waals surface area contributed by atoms with Gasteiger partial charge in [0.15, 0.2) is 17.3 Å². The summed E-state index contributed by atoms with van der Waals surface area (Å²) in [5.74, 6) is 0.762. The van der Waals surface area contributed by atoms with Crippen LogP contribution in [0.1, 0.15) is 67.3 Å². The molecule has 2 aromatic rings. The second-order valence-electron chi connectivity index (χ2n) is 9.28. The molecule has 0 aromatic heterocycles. The lowest BCUT2D eigenvalue weighted by molar-refractivity contribution is 0.0841. The van der Waals surface area contributed by atoms with Crippen molar-refractivity contribution in [1.82, 2.24) is 0 Å². The van der Waals surface area contributed by atoms with E-state index in [9.17, 15) is 15.0 Å². The standard InChI is InChI=1S/C25H24O6/c1-24(2)7-5-13-9-16(15-6-8-25(3,4)31-23(15)22(13)30-24)19-12-18(28)21-17(27)10-14(26)11-20(21)29-19/h5-11,19,26-27H,12H2,1-4H3/t19-/m0/s1. The van der Waals surface area contributed by atoms with Gasteiger partial charge in [-0.3, -0.25) is 4.79 Å². The summed E-state index contributed by atoms with van der Waals surface area (Å²) in [5.41, 5.74) is 1.55. The van der Waals surface area contributed by atoms with Gasteiger partial charge in [-0.05, 0) is 45.9 Å². The van der Waals surface area contributed by atoms with E-state index in [4.69, 9.17) is 14.2 Å². The monoisotopic (exact) mass is 420 g/mol. The fourth-order valence-corrected chi connectivity index (χ4v) is 4.23. The zero-order valence-corrected chi connectivity index (χ0v) is 17.9. The molecule has 0 radical (unpaired) electrons. The molecular formula is C25H24O6. The fraction of sp³-hybridized carbons (Fsp3) is 0.320. The number of rotatable bonds is 1. The van der Waals surface area contributed by atoms with Crippen LogP contribution in [0.5, 0.6) is 28.7 Å². The lowest BCUT2D eigenvalue weighted by Crippen LogP contribution is -2.32. The first-order chi connectivity index (χ1) is 14.5. The number of phenolic OH excluding ortho intramolecular Hbond substituents is 2. The van der Waals surface area contributed by atoms with Gasteiger partial charge in [-0.15, -0.1) is 0 Å². The highest BCUT2D eigenvalue weighted by molar-refractivity contribution is 6.02. The topological polar surface area (TPSA) is 85.2 Å². The number of fused-ring (bicyclic) bond motifs is 4. The minimum Gasteiger partial charge on any atom is -0.508 e. The van der Waals surface area contributed by atoms with E-state index in [1.807, 2.05) is 58.1 Å². The molecule has 160 valence electrons. The van der Waals surface area contributed by atoms with Crippen LogP contribution in [0.15, 0.2) is 30.4 Å². The number of ketones is 1. The van der Waals surface area contributed by atoms with Crippen molar-refractivity contribution in [3.8, 4) is 28.7 Å². The molecule has 31 heavy (non-hydrogen) atoms. The van der Waals surface area contributed by atoms with E-state index >= 15 is 0 Å². The maximum Gasteiger partial charge on any atom is 0.174 e. The number of aromatic hydroxyl groups is 2. The molecule has 0 bridgehead atoms. The second-order valence-corrected chi connectivity index (χ2v) is 9.28. The Morgan fingerprint density at radius 2 is 1.61 bits per heavy atom. The molecule has 0 unspecified atom stereocenters. The Labute approximate surface area is 180 Å². The zero-order valence-electron chi connectivity index (χ0n) is 17.9. The van der Waals surface area contributed by atoms with Gasteiger partial charge in [-0.1, -0.05) is 12.2 Å². The average molecular weight is 420 g/mol. The summed E-state index contributed by atoms with van der Waals surface area (Å²) in [4.78, 5) is 12.8. The number of phenols is 2. The van der Waals surface area contributed by atoms with Crippen molar-refractivity contribution in [2.75, 3.05) is 0 Å². The van der Waals surface area contributed by atoms with Gasteiger partial charge in [0.2, 0.25) is 0 Å². The first-order valence-corrected chi connectivity index (χ1v) is 10.3. The molecule has 3 heterocycles. The second kappa shape index (κ2) is 6.30. The van der Waals surface area contributed by atoms with Crippen molar-refractivity contribution >= 4 is 17.9 Å². The van der Waals surface area contributed by atoms with Gasteiger partial charge in [0.1, 0.15) is 40.1 Å². The van der Waals surface area contributed by atoms with E-state index in [1.165, 1.54) is 6.07 Å². The summed E-state index contributed by atoms with van der Waals surface area (Å²) in [7, 11) is 0. The lowest BCUT2D eigenvalue weighted by atomic mass is 9.88. The maximum atomic E-state index is 12.8. The van der Waals surface area contributed by atoms with Crippen molar-refractivity contribution in [1.29, 1.82) is 0 Å². The van der Waals surface area contributed by atoms with Crippen LogP contribution < -0.4 is 14.2 Å². The number of carbonyl (C=O) groups excluding carboxylic acids is 1. The quantitative estimate of drug-likeness (QED) is 0.662. The van der Waals surface area contributed by atoms with Crippen molar-refractivity contribution in [2.45, 2.75) is 51.4 Å².